The number of carbonyl (C=O) groups is 2. The Hall–Kier alpha value is -3.61. The van der Waals surface area contributed by atoms with E-state index in [1.54, 1.807) is 36.7 Å². The number of nitrogens with one attached hydrogen (secondary N) is 2. The lowest BCUT2D eigenvalue weighted by Crippen LogP contribution is -2.26. The first-order valence-electron chi connectivity index (χ1n) is 8.27. The Morgan fingerprint density at radius 3 is 2.15 bits per heavy atom. The van der Waals surface area contributed by atoms with Crippen molar-refractivity contribution in [1.82, 2.24) is 20.6 Å². The van der Waals surface area contributed by atoms with E-state index < -0.39 is 0 Å². The van der Waals surface area contributed by atoms with Crippen molar-refractivity contribution in [3.63, 3.8) is 0 Å². The molecule has 136 valence electrons. The van der Waals surface area contributed by atoms with Crippen LogP contribution in [0.2, 0.25) is 0 Å². The zero-order valence-corrected chi connectivity index (χ0v) is 14.4. The fraction of sp³-hybridized carbons (Fsp3) is 0.100. The maximum atomic E-state index is 12.9. The van der Waals surface area contributed by atoms with E-state index in [1.807, 2.05) is 0 Å². The van der Waals surface area contributed by atoms with E-state index in [4.69, 9.17) is 0 Å². The molecule has 3 aromatic rings. The highest BCUT2D eigenvalue weighted by atomic mass is 19.1. The average Bonchev–Trinajstić information content (AvgIpc) is 2.72. The second-order valence-corrected chi connectivity index (χ2v) is 5.78. The van der Waals surface area contributed by atoms with Crippen LogP contribution in [0.25, 0.3) is 0 Å². The van der Waals surface area contributed by atoms with Gasteiger partial charge in [0, 0.05) is 37.2 Å². The van der Waals surface area contributed by atoms with Crippen molar-refractivity contribution in [1.29, 1.82) is 0 Å². The molecule has 0 aliphatic carbocycles. The first kappa shape index (κ1) is 18.2. The number of hydrogen-bond acceptors (Lipinski definition) is 4. The summed E-state index contributed by atoms with van der Waals surface area (Å²) in [6.07, 6.45) is 4.70. The van der Waals surface area contributed by atoms with Gasteiger partial charge < -0.3 is 10.6 Å². The molecule has 1 aromatic carbocycles. The molecule has 6 nitrogen and oxygen atoms in total. The van der Waals surface area contributed by atoms with Crippen LogP contribution < -0.4 is 10.6 Å². The molecule has 2 heterocycles. The van der Waals surface area contributed by atoms with Gasteiger partial charge in [0.25, 0.3) is 11.8 Å². The normalized spacial score (nSPS) is 10.3. The Labute approximate surface area is 155 Å². The summed E-state index contributed by atoms with van der Waals surface area (Å²) in [5.41, 5.74) is 2.15. The van der Waals surface area contributed by atoms with Crippen LogP contribution in [-0.4, -0.2) is 21.8 Å². The second-order valence-electron chi connectivity index (χ2n) is 5.78. The summed E-state index contributed by atoms with van der Waals surface area (Å²) >= 11 is 0. The smallest absolute Gasteiger partial charge is 0.270 e. The minimum Gasteiger partial charge on any atom is -0.348 e. The van der Waals surface area contributed by atoms with Crippen LogP contribution >= 0.6 is 0 Å². The molecule has 0 aliphatic rings. The number of nitrogens with zero attached hydrogens (tertiary/aromatic N) is 2. The SMILES string of the molecule is O=C(NCc1ccc(F)cc1)c1ccnc(C(=O)NCc2ccncc2)c1. The summed E-state index contributed by atoms with van der Waals surface area (Å²) in [5.74, 6) is -1.05. The van der Waals surface area contributed by atoms with Crippen molar-refractivity contribution in [3.8, 4) is 0 Å². The number of carbonyl (C=O) groups excluding carboxylic acids is 2. The number of amides is 2. The molecule has 7 heteroatoms. The average molecular weight is 364 g/mol. The van der Waals surface area contributed by atoms with Crippen LogP contribution in [0, 0.1) is 5.82 Å². The first-order valence-corrected chi connectivity index (χ1v) is 8.27. The monoisotopic (exact) mass is 364 g/mol. The van der Waals surface area contributed by atoms with Crippen molar-refractivity contribution >= 4 is 11.8 Å². The maximum absolute atomic E-state index is 12.9. The second kappa shape index (κ2) is 8.66. The summed E-state index contributed by atoms with van der Waals surface area (Å²) in [4.78, 5) is 32.5. The molecular weight excluding hydrogens is 347 g/mol. The largest absolute Gasteiger partial charge is 0.348 e. The van der Waals surface area contributed by atoms with Crippen molar-refractivity contribution in [2.24, 2.45) is 0 Å². The lowest BCUT2D eigenvalue weighted by molar-refractivity contribution is 0.0946. The van der Waals surface area contributed by atoms with Gasteiger partial charge in [0.1, 0.15) is 11.5 Å². The Balaban J connectivity index is 1.59. The summed E-state index contributed by atoms with van der Waals surface area (Å²) in [7, 11) is 0. The molecule has 2 N–H and O–H groups in total. The zero-order valence-electron chi connectivity index (χ0n) is 14.4. The Bertz CT molecular complexity index is 930. The van der Waals surface area contributed by atoms with Crippen LogP contribution in [0.15, 0.2) is 67.1 Å². The number of rotatable bonds is 6. The molecular formula is C20H17FN4O2. The standard InChI is InChI=1S/C20H17FN4O2/c21-17-3-1-14(2-4-17)12-24-19(26)16-7-10-23-18(11-16)20(27)25-13-15-5-8-22-9-6-15/h1-11H,12-13H2,(H,24,26)(H,25,27). The minimum atomic E-state index is -0.375. The van der Waals surface area contributed by atoms with Gasteiger partial charge in [-0.2, -0.15) is 0 Å². The lowest BCUT2D eigenvalue weighted by Gasteiger charge is -2.08. The van der Waals surface area contributed by atoms with E-state index in [-0.39, 0.29) is 29.9 Å². The van der Waals surface area contributed by atoms with Crippen LogP contribution in [0.4, 0.5) is 4.39 Å². The molecule has 0 bridgehead atoms. The van der Waals surface area contributed by atoms with Gasteiger partial charge in [-0.1, -0.05) is 12.1 Å². The lowest BCUT2D eigenvalue weighted by atomic mass is 10.2. The van der Waals surface area contributed by atoms with Gasteiger partial charge in [-0.15, -0.1) is 0 Å². The van der Waals surface area contributed by atoms with E-state index >= 15 is 0 Å². The molecule has 0 aliphatic heterocycles. The Morgan fingerprint density at radius 1 is 0.815 bits per heavy atom. The highest BCUT2D eigenvalue weighted by molar-refractivity contribution is 5.98. The minimum absolute atomic E-state index is 0.151. The predicted molar refractivity (Wildman–Crippen MR) is 97.2 cm³/mol. The maximum Gasteiger partial charge on any atom is 0.270 e. The van der Waals surface area contributed by atoms with Gasteiger partial charge >= 0.3 is 0 Å². The molecule has 0 radical (unpaired) electrons. The molecule has 2 amide bonds. The highest BCUT2D eigenvalue weighted by Gasteiger charge is 2.12. The van der Waals surface area contributed by atoms with Gasteiger partial charge in [-0.3, -0.25) is 19.6 Å². The number of halogens is 1. The third kappa shape index (κ3) is 5.18. The van der Waals surface area contributed by atoms with Crippen molar-refractivity contribution in [2.75, 3.05) is 0 Å². The molecule has 0 spiro atoms. The Morgan fingerprint density at radius 2 is 1.44 bits per heavy atom. The van der Waals surface area contributed by atoms with E-state index in [2.05, 4.69) is 20.6 Å². The van der Waals surface area contributed by atoms with Gasteiger partial charge in [0.05, 0.1) is 0 Å². The van der Waals surface area contributed by atoms with Crippen molar-refractivity contribution in [3.05, 3.63) is 95.3 Å². The molecule has 0 fully saturated rings. The molecule has 0 saturated heterocycles. The molecule has 27 heavy (non-hydrogen) atoms. The third-order valence-electron chi connectivity index (χ3n) is 3.82. The van der Waals surface area contributed by atoms with E-state index in [0.717, 1.165) is 11.1 Å². The molecule has 3 rings (SSSR count). The zero-order chi connectivity index (χ0) is 19.1. The summed E-state index contributed by atoms with van der Waals surface area (Å²) in [6.45, 7) is 0.592. The van der Waals surface area contributed by atoms with Crippen LogP contribution in [-0.2, 0) is 13.1 Å². The molecule has 0 unspecified atom stereocenters. The van der Waals surface area contributed by atoms with Crippen molar-refractivity contribution in [2.45, 2.75) is 13.1 Å². The van der Waals surface area contributed by atoms with Crippen LogP contribution in [0.1, 0.15) is 32.0 Å². The molecule has 2 aromatic heterocycles. The quantitative estimate of drug-likeness (QED) is 0.704. The number of benzene rings is 1. The van der Waals surface area contributed by atoms with Gasteiger partial charge in [0.15, 0.2) is 0 Å². The summed E-state index contributed by atoms with van der Waals surface area (Å²) in [6, 6.07) is 12.4. The van der Waals surface area contributed by atoms with Gasteiger partial charge in [-0.05, 0) is 47.5 Å². The number of pyridine rings is 2. The first-order chi connectivity index (χ1) is 13.1. The van der Waals surface area contributed by atoms with E-state index in [0.29, 0.717) is 12.1 Å². The topological polar surface area (TPSA) is 84.0 Å². The van der Waals surface area contributed by atoms with Crippen LogP contribution in [0.3, 0.4) is 0 Å². The third-order valence-corrected chi connectivity index (χ3v) is 3.82. The highest BCUT2D eigenvalue weighted by Crippen LogP contribution is 2.06. The number of hydrogen-bond donors (Lipinski definition) is 2. The molecule has 0 atom stereocenters. The summed E-state index contributed by atoms with van der Waals surface area (Å²) in [5, 5.41) is 5.48. The van der Waals surface area contributed by atoms with Crippen molar-refractivity contribution < 1.29 is 14.0 Å². The summed E-state index contributed by atoms with van der Waals surface area (Å²) < 4.78 is 12.9. The molecule has 0 saturated carbocycles. The fourth-order valence-corrected chi connectivity index (χ4v) is 2.36. The van der Waals surface area contributed by atoms with Crippen LogP contribution in [0.5, 0.6) is 0 Å². The Kier molecular flexibility index (Phi) is 5.84. The van der Waals surface area contributed by atoms with Gasteiger partial charge in [-0.25, -0.2) is 4.39 Å². The predicted octanol–water partition coefficient (Wildman–Crippen LogP) is 2.48. The van der Waals surface area contributed by atoms with E-state index in [1.165, 1.54) is 30.5 Å². The van der Waals surface area contributed by atoms with E-state index in [9.17, 15) is 14.0 Å². The fourth-order valence-electron chi connectivity index (χ4n) is 2.36. The van der Waals surface area contributed by atoms with Gasteiger partial charge in [0.2, 0.25) is 0 Å². The number of aromatic nitrogens is 2.